The van der Waals surface area contributed by atoms with Gasteiger partial charge in [-0.2, -0.15) is 0 Å². The van der Waals surface area contributed by atoms with Gasteiger partial charge in [0.15, 0.2) is 0 Å². The highest BCUT2D eigenvalue weighted by molar-refractivity contribution is 6.65. The minimum Gasteiger partial charge on any atom is -0.399 e. The number of aliphatic hydroxyl groups is 1. The first kappa shape index (κ1) is 20.0. The van der Waals surface area contributed by atoms with Gasteiger partial charge in [-0.3, -0.25) is 4.79 Å². The molecule has 0 unspecified atom stereocenters. The van der Waals surface area contributed by atoms with Gasteiger partial charge in [-0.1, -0.05) is 37.1 Å². The van der Waals surface area contributed by atoms with Crippen molar-refractivity contribution in [2.24, 2.45) is 0 Å². The molecule has 1 N–H and O–H groups in total. The van der Waals surface area contributed by atoms with Gasteiger partial charge in [-0.25, -0.2) is 0 Å². The van der Waals surface area contributed by atoms with E-state index in [0.29, 0.717) is 6.54 Å². The molecule has 2 fully saturated rings. The highest BCUT2D eigenvalue weighted by Crippen LogP contribution is 2.39. The highest BCUT2D eigenvalue weighted by atomic mass is 16.7. The molecule has 1 saturated carbocycles. The van der Waals surface area contributed by atoms with E-state index in [1.54, 1.807) is 0 Å². The van der Waals surface area contributed by atoms with Crippen molar-refractivity contribution in [3.05, 3.63) is 41.5 Å². The molecule has 5 rings (SSSR count). The van der Waals surface area contributed by atoms with Crippen LogP contribution in [0.2, 0.25) is 0 Å². The summed E-state index contributed by atoms with van der Waals surface area (Å²) in [7, 11) is -0.521. The van der Waals surface area contributed by atoms with Crippen LogP contribution >= 0.6 is 0 Å². The van der Waals surface area contributed by atoms with E-state index in [4.69, 9.17) is 9.31 Å². The summed E-state index contributed by atoms with van der Waals surface area (Å²) in [4.78, 5) is 15.3. The van der Waals surface area contributed by atoms with Crippen LogP contribution in [0.4, 0.5) is 0 Å². The Labute approximate surface area is 178 Å². The van der Waals surface area contributed by atoms with Gasteiger partial charge in [-0.15, -0.1) is 0 Å². The molecule has 1 saturated heterocycles. The normalized spacial score (nSPS) is 27.7. The summed E-state index contributed by atoms with van der Waals surface area (Å²) in [5, 5.41) is 12.7. The maximum absolute atomic E-state index is 13.4. The summed E-state index contributed by atoms with van der Waals surface area (Å²) >= 11 is 0. The van der Waals surface area contributed by atoms with Crippen LogP contribution in [-0.2, 0) is 15.9 Å². The van der Waals surface area contributed by atoms with Crippen LogP contribution in [0.5, 0.6) is 0 Å². The van der Waals surface area contributed by atoms with E-state index in [1.165, 1.54) is 0 Å². The zero-order chi connectivity index (χ0) is 21.3. The average Bonchev–Trinajstić information content (AvgIpc) is 3.14. The van der Waals surface area contributed by atoms with Crippen LogP contribution in [0.3, 0.4) is 0 Å². The minimum atomic E-state index is -0.521. The maximum Gasteiger partial charge on any atom is 0.495 e. The molecule has 2 aromatic carbocycles. The molecular weight excluding hydrogens is 377 g/mol. The summed E-state index contributed by atoms with van der Waals surface area (Å²) in [5.41, 5.74) is 1.78. The number of amides is 1. The van der Waals surface area contributed by atoms with Crippen LogP contribution < -0.4 is 5.46 Å². The van der Waals surface area contributed by atoms with E-state index >= 15 is 0 Å². The predicted molar refractivity (Wildman–Crippen MR) is 118 cm³/mol. The number of rotatable bonds is 2. The second-order valence-electron chi connectivity index (χ2n) is 9.98. The lowest BCUT2D eigenvalue weighted by atomic mass is 9.74. The molecule has 0 bridgehead atoms. The number of hydrogen-bond acceptors (Lipinski definition) is 4. The summed E-state index contributed by atoms with van der Waals surface area (Å²) in [6.45, 7) is 8.72. The monoisotopic (exact) mass is 407 g/mol. The summed E-state index contributed by atoms with van der Waals surface area (Å²) < 4.78 is 12.7. The maximum atomic E-state index is 13.4. The molecule has 1 aliphatic carbocycles. The average molecular weight is 407 g/mol. The van der Waals surface area contributed by atoms with Crippen LogP contribution in [-0.4, -0.2) is 46.4 Å². The Hall–Kier alpha value is -1.89. The second-order valence-corrected chi connectivity index (χ2v) is 9.98. The molecule has 2 heterocycles. The number of nitrogens with zero attached hydrogens (tertiary/aromatic N) is 1. The molecule has 6 heteroatoms. The third-order valence-corrected chi connectivity index (χ3v) is 7.61. The Kier molecular flexibility index (Phi) is 4.55. The molecule has 0 aromatic heterocycles. The molecule has 158 valence electrons. The van der Waals surface area contributed by atoms with Crippen molar-refractivity contribution in [1.29, 1.82) is 0 Å². The Morgan fingerprint density at radius 3 is 2.33 bits per heavy atom. The van der Waals surface area contributed by atoms with Gasteiger partial charge in [0.05, 0.1) is 23.3 Å². The molecule has 2 aromatic rings. The second kappa shape index (κ2) is 6.81. The van der Waals surface area contributed by atoms with Crippen molar-refractivity contribution >= 4 is 29.3 Å². The number of carbonyl (C=O) groups is 1. The third kappa shape index (κ3) is 2.92. The van der Waals surface area contributed by atoms with Crippen molar-refractivity contribution in [2.75, 3.05) is 0 Å². The summed E-state index contributed by atoms with van der Waals surface area (Å²) in [5.74, 6) is 0.0134. The van der Waals surface area contributed by atoms with E-state index in [1.807, 2.05) is 50.8 Å². The van der Waals surface area contributed by atoms with Gasteiger partial charge >= 0.3 is 7.12 Å². The standard InChI is InChI=1S/C24H30BNO4/c1-23(2)24(3,4)30-25(29-23)19-13-17-18(15-9-5-6-10-16(15)19)14-26(22(17)28)20-11-7-8-12-21(20)27/h5-6,9-10,13,20-21,27H,7-8,11-12,14H2,1-4H3/t20-,21-/m0/s1. The highest BCUT2D eigenvalue weighted by Gasteiger charge is 2.52. The number of hydrogen-bond donors (Lipinski definition) is 1. The number of aliphatic hydroxyl groups excluding tert-OH is 1. The SMILES string of the molecule is CC1(C)OB(c2cc3c(c4ccccc24)CN([C@H]2CCCC[C@@H]2O)C3=O)OC1(C)C. The van der Waals surface area contributed by atoms with Crippen molar-refractivity contribution in [3.63, 3.8) is 0 Å². The molecule has 3 aliphatic rings. The van der Waals surface area contributed by atoms with Gasteiger partial charge < -0.3 is 19.3 Å². The van der Waals surface area contributed by atoms with Gasteiger partial charge in [-0.05, 0) is 68.4 Å². The lowest BCUT2D eigenvalue weighted by Gasteiger charge is -2.35. The molecule has 0 spiro atoms. The zero-order valence-electron chi connectivity index (χ0n) is 18.3. The quantitative estimate of drug-likeness (QED) is 0.776. The smallest absolute Gasteiger partial charge is 0.399 e. The fraction of sp³-hybridized carbons (Fsp3) is 0.542. The topological polar surface area (TPSA) is 59.0 Å². The van der Waals surface area contributed by atoms with E-state index in [9.17, 15) is 9.90 Å². The van der Waals surface area contributed by atoms with Gasteiger partial charge in [0.25, 0.3) is 5.91 Å². The van der Waals surface area contributed by atoms with Gasteiger partial charge in [0.2, 0.25) is 0 Å². The minimum absolute atomic E-state index is 0.0134. The Morgan fingerprint density at radius 1 is 1.03 bits per heavy atom. The van der Waals surface area contributed by atoms with Crippen LogP contribution in [0, 0.1) is 0 Å². The molecule has 1 amide bonds. The Morgan fingerprint density at radius 2 is 1.67 bits per heavy atom. The first-order valence-corrected chi connectivity index (χ1v) is 11.1. The third-order valence-electron chi connectivity index (χ3n) is 7.61. The molecule has 2 atom stereocenters. The van der Waals surface area contributed by atoms with Crippen molar-refractivity contribution in [2.45, 2.75) is 83.3 Å². The molecule has 30 heavy (non-hydrogen) atoms. The fourth-order valence-corrected chi connectivity index (χ4v) is 5.11. The summed E-state index contributed by atoms with van der Waals surface area (Å²) in [6.07, 6.45) is 3.28. The van der Waals surface area contributed by atoms with E-state index < -0.39 is 24.4 Å². The number of fused-ring (bicyclic) bond motifs is 3. The van der Waals surface area contributed by atoms with Crippen LogP contribution in [0.25, 0.3) is 10.8 Å². The van der Waals surface area contributed by atoms with E-state index in [0.717, 1.165) is 53.0 Å². The molecule has 2 aliphatic heterocycles. The van der Waals surface area contributed by atoms with Crippen molar-refractivity contribution in [3.8, 4) is 0 Å². The van der Waals surface area contributed by atoms with Gasteiger partial charge in [0.1, 0.15) is 0 Å². The Bertz CT molecular complexity index is 1000. The largest absolute Gasteiger partial charge is 0.495 e. The lowest BCUT2D eigenvalue weighted by molar-refractivity contribution is 0.00578. The fourth-order valence-electron chi connectivity index (χ4n) is 5.11. The van der Waals surface area contributed by atoms with E-state index in [2.05, 4.69) is 12.1 Å². The predicted octanol–water partition coefficient (Wildman–Crippen LogP) is 3.40. The van der Waals surface area contributed by atoms with E-state index in [-0.39, 0.29) is 11.9 Å². The van der Waals surface area contributed by atoms with Crippen LogP contribution in [0.15, 0.2) is 30.3 Å². The number of carbonyl (C=O) groups excluding carboxylic acids is 1. The summed E-state index contributed by atoms with van der Waals surface area (Å²) in [6, 6.07) is 10.1. The first-order chi connectivity index (χ1) is 14.2. The van der Waals surface area contributed by atoms with Crippen LogP contribution in [0.1, 0.15) is 69.3 Å². The first-order valence-electron chi connectivity index (χ1n) is 11.1. The molecule has 5 nitrogen and oxygen atoms in total. The molecular formula is C24H30BNO4. The van der Waals surface area contributed by atoms with Gasteiger partial charge in [0, 0.05) is 12.1 Å². The molecule has 0 radical (unpaired) electrons. The number of benzene rings is 2. The van der Waals surface area contributed by atoms with Crippen molar-refractivity contribution in [1.82, 2.24) is 4.90 Å². The Balaban J connectivity index is 1.59. The zero-order valence-corrected chi connectivity index (χ0v) is 18.3. The lowest BCUT2D eigenvalue weighted by Crippen LogP contribution is -2.45. The van der Waals surface area contributed by atoms with Crippen molar-refractivity contribution < 1.29 is 19.2 Å².